The lowest BCUT2D eigenvalue weighted by molar-refractivity contribution is -0.908. The van der Waals surface area contributed by atoms with Crippen molar-refractivity contribution in [3.05, 3.63) is 64.2 Å². The van der Waals surface area contributed by atoms with Crippen LogP contribution in [-0.4, -0.2) is 36.1 Å². The summed E-state index contributed by atoms with van der Waals surface area (Å²) in [6, 6.07) is 14.8. The number of hydrogen-bond acceptors (Lipinski definition) is 3. The molecule has 4 nitrogen and oxygen atoms in total. The Bertz CT molecular complexity index is 949. The molecule has 0 bridgehead atoms. The van der Waals surface area contributed by atoms with Gasteiger partial charge in [-0.05, 0) is 25.5 Å². The highest BCUT2D eigenvalue weighted by Crippen LogP contribution is 2.49. The highest BCUT2D eigenvalue weighted by Gasteiger charge is 2.53. The normalized spacial score (nSPS) is 28.0. The molecular weight excluding hydrogens is 382 g/mol. The second-order valence-electron chi connectivity index (χ2n) is 8.68. The molecule has 5 rings (SSSR count). The van der Waals surface area contributed by atoms with Gasteiger partial charge in [-0.2, -0.15) is 5.10 Å². The molecule has 0 amide bonds. The maximum atomic E-state index is 6.74. The van der Waals surface area contributed by atoms with Crippen LogP contribution >= 0.6 is 11.6 Å². The minimum absolute atomic E-state index is 0.220. The van der Waals surface area contributed by atoms with Crippen molar-refractivity contribution in [2.45, 2.75) is 51.3 Å². The Balaban J connectivity index is 1.55. The summed E-state index contributed by atoms with van der Waals surface area (Å²) in [7, 11) is 0. The van der Waals surface area contributed by atoms with Crippen molar-refractivity contribution in [2.75, 3.05) is 19.6 Å². The summed E-state index contributed by atoms with van der Waals surface area (Å²) in [5.74, 6) is 1.03. The number of likely N-dealkylation sites (tertiary alicyclic amines) is 1. The molecule has 152 valence electrons. The topological polar surface area (TPSA) is 29.3 Å². The van der Waals surface area contributed by atoms with Gasteiger partial charge in [-0.25, -0.2) is 5.01 Å². The molecule has 0 unspecified atom stereocenters. The highest BCUT2D eigenvalue weighted by molar-refractivity contribution is 6.34. The molecule has 2 aromatic rings. The number of ether oxygens (including phenoxy) is 1. The van der Waals surface area contributed by atoms with Crippen molar-refractivity contribution in [1.82, 2.24) is 5.01 Å². The monoisotopic (exact) mass is 410 g/mol. The molecule has 3 aliphatic rings. The van der Waals surface area contributed by atoms with E-state index in [0.717, 1.165) is 54.4 Å². The molecular formula is C24H29ClN3O+. The van der Waals surface area contributed by atoms with Gasteiger partial charge in [0.2, 0.25) is 5.72 Å². The lowest BCUT2D eigenvalue weighted by Gasteiger charge is -2.50. The zero-order valence-electron chi connectivity index (χ0n) is 17.2. The zero-order chi connectivity index (χ0) is 20.0. The fraction of sp³-hybridized carbons (Fsp3) is 0.458. The molecule has 0 aliphatic carbocycles. The predicted octanol–water partition coefficient (Wildman–Crippen LogP) is 3.98. The second-order valence-corrected chi connectivity index (χ2v) is 9.09. The molecule has 0 saturated carbocycles. The van der Waals surface area contributed by atoms with Crippen molar-refractivity contribution in [1.29, 1.82) is 0 Å². The average Bonchev–Trinajstić information content (AvgIpc) is 3.18. The van der Waals surface area contributed by atoms with Crippen LogP contribution in [0.4, 0.5) is 0 Å². The van der Waals surface area contributed by atoms with Gasteiger partial charge < -0.3 is 9.64 Å². The molecule has 5 heteroatoms. The van der Waals surface area contributed by atoms with Crippen LogP contribution in [0.1, 0.15) is 55.3 Å². The lowest BCUT2D eigenvalue weighted by Crippen LogP contribution is -3.14. The van der Waals surface area contributed by atoms with Crippen molar-refractivity contribution in [3.63, 3.8) is 0 Å². The summed E-state index contributed by atoms with van der Waals surface area (Å²) in [5.41, 5.74) is 4.29. The fourth-order valence-electron chi connectivity index (χ4n) is 5.19. The number of benzene rings is 2. The first-order chi connectivity index (χ1) is 14.1. The third-order valence-corrected chi connectivity index (χ3v) is 7.01. The van der Waals surface area contributed by atoms with Crippen LogP contribution in [0.25, 0.3) is 0 Å². The Labute approximate surface area is 178 Å². The van der Waals surface area contributed by atoms with Gasteiger partial charge >= 0.3 is 0 Å². The van der Waals surface area contributed by atoms with Crippen molar-refractivity contribution in [2.24, 2.45) is 5.10 Å². The number of hydrazone groups is 1. The molecule has 1 fully saturated rings. The van der Waals surface area contributed by atoms with Crippen LogP contribution in [-0.2, 0) is 0 Å². The molecule has 29 heavy (non-hydrogen) atoms. The summed E-state index contributed by atoms with van der Waals surface area (Å²) < 4.78 is 6.74. The van der Waals surface area contributed by atoms with Gasteiger partial charge in [0, 0.05) is 22.6 Å². The third kappa shape index (κ3) is 3.23. The number of aryl methyl sites for hydroxylation is 1. The number of nitrogens with zero attached hydrogens (tertiary/aromatic N) is 2. The molecule has 2 aromatic carbocycles. The molecule has 3 aliphatic heterocycles. The molecule has 3 heterocycles. The van der Waals surface area contributed by atoms with E-state index >= 15 is 0 Å². The van der Waals surface area contributed by atoms with E-state index in [0.29, 0.717) is 0 Å². The van der Waals surface area contributed by atoms with Gasteiger partial charge in [0.25, 0.3) is 0 Å². The van der Waals surface area contributed by atoms with Crippen molar-refractivity contribution in [3.8, 4) is 5.75 Å². The van der Waals surface area contributed by atoms with Crippen LogP contribution < -0.4 is 9.64 Å². The summed E-state index contributed by atoms with van der Waals surface area (Å²) in [6.45, 7) is 7.92. The van der Waals surface area contributed by atoms with Gasteiger partial charge in [-0.15, -0.1) is 0 Å². The Morgan fingerprint density at radius 3 is 2.76 bits per heavy atom. The van der Waals surface area contributed by atoms with Crippen LogP contribution in [0, 0.1) is 6.92 Å². The van der Waals surface area contributed by atoms with E-state index in [1.54, 1.807) is 4.90 Å². The number of quaternary nitrogens is 1. The third-order valence-electron chi connectivity index (χ3n) is 6.68. The van der Waals surface area contributed by atoms with Gasteiger partial charge in [0.15, 0.2) is 0 Å². The Hall–Kier alpha value is -2.04. The number of piperidine rings is 1. The molecule has 1 atom stereocenters. The largest absolute Gasteiger partial charge is 0.466 e. The Morgan fingerprint density at radius 1 is 1.21 bits per heavy atom. The van der Waals surface area contributed by atoms with Crippen molar-refractivity contribution >= 4 is 17.3 Å². The number of halogens is 1. The van der Waals surface area contributed by atoms with E-state index in [9.17, 15) is 0 Å². The molecule has 0 radical (unpaired) electrons. The Morgan fingerprint density at radius 2 is 2.00 bits per heavy atom. The SMILES string of the molecule is CCC[NH+]1CCC2(CC1)Oc1ccc(C)cc1[C@H]1CC(c3ccccc3Cl)=NN12. The van der Waals surface area contributed by atoms with E-state index < -0.39 is 0 Å². The standard InChI is InChI=1S/C24H28ClN3O/c1-3-12-27-13-10-24(11-14-27)28-22(19-15-17(2)8-9-23(19)29-24)16-21(26-28)18-6-4-5-7-20(18)25/h4-9,15,22H,3,10-14,16H2,1-2H3/p+1/t22-/m1/s1. The van der Waals surface area contributed by atoms with Gasteiger partial charge in [0.05, 0.1) is 44.2 Å². The van der Waals surface area contributed by atoms with Crippen LogP contribution in [0.2, 0.25) is 5.02 Å². The molecule has 1 spiro atoms. The maximum Gasteiger partial charge on any atom is 0.208 e. The Kier molecular flexibility index (Phi) is 4.79. The summed E-state index contributed by atoms with van der Waals surface area (Å²) in [6.07, 6.45) is 4.11. The minimum Gasteiger partial charge on any atom is -0.466 e. The minimum atomic E-state index is -0.340. The number of hydrogen-bond donors (Lipinski definition) is 1. The number of fused-ring (bicyclic) bond motifs is 4. The molecule has 1 saturated heterocycles. The van der Waals surface area contributed by atoms with E-state index in [1.165, 1.54) is 24.1 Å². The predicted molar refractivity (Wildman–Crippen MR) is 117 cm³/mol. The second kappa shape index (κ2) is 7.33. The number of rotatable bonds is 3. The van der Waals surface area contributed by atoms with E-state index in [-0.39, 0.29) is 11.8 Å². The molecule has 1 N–H and O–H groups in total. The highest BCUT2D eigenvalue weighted by atomic mass is 35.5. The van der Waals surface area contributed by atoms with Gasteiger partial charge in [0.1, 0.15) is 5.75 Å². The first kappa shape index (κ1) is 19.0. The first-order valence-corrected chi connectivity index (χ1v) is 11.2. The zero-order valence-corrected chi connectivity index (χ0v) is 18.0. The fourth-order valence-corrected chi connectivity index (χ4v) is 5.43. The van der Waals surface area contributed by atoms with E-state index in [1.807, 2.05) is 18.2 Å². The molecule has 0 aromatic heterocycles. The van der Waals surface area contributed by atoms with Crippen LogP contribution in [0.5, 0.6) is 5.75 Å². The summed E-state index contributed by atoms with van der Waals surface area (Å²) >= 11 is 6.52. The maximum absolute atomic E-state index is 6.74. The average molecular weight is 411 g/mol. The van der Waals surface area contributed by atoms with E-state index in [4.69, 9.17) is 21.4 Å². The van der Waals surface area contributed by atoms with Crippen LogP contribution in [0.15, 0.2) is 47.6 Å². The number of nitrogens with one attached hydrogen (secondary N) is 1. The summed E-state index contributed by atoms with van der Waals surface area (Å²) in [4.78, 5) is 1.68. The van der Waals surface area contributed by atoms with Gasteiger partial charge in [-0.3, -0.25) is 0 Å². The lowest BCUT2D eigenvalue weighted by atomic mass is 9.90. The van der Waals surface area contributed by atoms with Crippen LogP contribution in [0.3, 0.4) is 0 Å². The quantitative estimate of drug-likeness (QED) is 0.829. The van der Waals surface area contributed by atoms with Crippen molar-refractivity contribution < 1.29 is 9.64 Å². The smallest absolute Gasteiger partial charge is 0.208 e. The van der Waals surface area contributed by atoms with Gasteiger partial charge in [-0.1, -0.05) is 54.4 Å². The van der Waals surface area contributed by atoms with E-state index in [2.05, 4.69) is 43.1 Å². The summed E-state index contributed by atoms with van der Waals surface area (Å²) in [5, 5.41) is 8.21. The first-order valence-electron chi connectivity index (χ1n) is 10.8.